The van der Waals surface area contributed by atoms with Crippen LogP contribution in [-0.2, 0) is 9.59 Å². The van der Waals surface area contributed by atoms with E-state index < -0.39 is 11.8 Å². The predicted molar refractivity (Wildman–Crippen MR) is 102 cm³/mol. The SMILES string of the molecule is COc1cc(/C=C2\C(=O)NN(c3cccc(Cl)c3)C2=O)cc(I)c1O. The molecule has 0 unspecified atom stereocenters. The van der Waals surface area contributed by atoms with Crippen LogP contribution in [-0.4, -0.2) is 24.0 Å². The Bertz CT molecular complexity index is 914. The summed E-state index contributed by atoms with van der Waals surface area (Å²) in [4.78, 5) is 24.8. The second-order valence-corrected chi connectivity index (χ2v) is 6.77. The van der Waals surface area contributed by atoms with Crippen molar-refractivity contribution in [1.82, 2.24) is 5.43 Å². The van der Waals surface area contributed by atoms with E-state index in [0.29, 0.717) is 19.8 Å². The molecule has 0 saturated carbocycles. The second-order valence-electron chi connectivity index (χ2n) is 5.17. The van der Waals surface area contributed by atoms with Gasteiger partial charge in [0, 0.05) is 5.02 Å². The van der Waals surface area contributed by atoms with Crippen molar-refractivity contribution < 1.29 is 19.4 Å². The average molecular weight is 471 g/mol. The van der Waals surface area contributed by atoms with Gasteiger partial charge in [0.15, 0.2) is 11.5 Å². The third-order valence-electron chi connectivity index (χ3n) is 3.54. The summed E-state index contributed by atoms with van der Waals surface area (Å²) in [6, 6.07) is 9.80. The van der Waals surface area contributed by atoms with E-state index in [1.54, 1.807) is 36.4 Å². The lowest BCUT2D eigenvalue weighted by Crippen LogP contribution is -2.35. The summed E-state index contributed by atoms with van der Waals surface area (Å²) in [5.41, 5.74) is 3.51. The van der Waals surface area contributed by atoms with Gasteiger partial charge >= 0.3 is 0 Å². The number of aromatic hydroxyl groups is 1. The molecule has 1 aliphatic heterocycles. The van der Waals surface area contributed by atoms with Gasteiger partial charge in [0.25, 0.3) is 11.8 Å². The second kappa shape index (κ2) is 6.93. The van der Waals surface area contributed by atoms with Crippen LogP contribution in [0.25, 0.3) is 6.08 Å². The van der Waals surface area contributed by atoms with Crippen molar-refractivity contribution in [3.63, 3.8) is 0 Å². The van der Waals surface area contributed by atoms with Crippen LogP contribution < -0.4 is 15.2 Å². The highest BCUT2D eigenvalue weighted by Crippen LogP contribution is 2.33. The lowest BCUT2D eigenvalue weighted by molar-refractivity contribution is -0.117. The number of hydrogen-bond donors (Lipinski definition) is 2. The van der Waals surface area contributed by atoms with E-state index in [9.17, 15) is 14.7 Å². The van der Waals surface area contributed by atoms with Gasteiger partial charge < -0.3 is 9.84 Å². The third kappa shape index (κ3) is 3.42. The zero-order valence-electron chi connectivity index (χ0n) is 12.9. The van der Waals surface area contributed by atoms with E-state index in [2.05, 4.69) is 5.43 Å². The first-order valence-electron chi connectivity index (χ1n) is 7.10. The molecule has 25 heavy (non-hydrogen) atoms. The number of anilines is 1. The van der Waals surface area contributed by atoms with Crippen molar-refractivity contribution in [2.45, 2.75) is 0 Å². The van der Waals surface area contributed by atoms with Crippen LogP contribution in [0.3, 0.4) is 0 Å². The molecule has 0 aliphatic carbocycles. The van der Waals surface area contributed by atoms with Crippen LogP contribution >= 0.6 is 34.2 Å². The monoisotopic (exact) mass is 470 g/mol. The highest BCUT2D eigenvalue weighted by atomic mass is 127. The Morgan fingerprint density at radius 3 is 2.72 bits per heavy atom. The van der Waals surface area contributed by atoms with E-state index in [4.69, 9.17) is 16.3 Å². The minimum absolute atomic E-state index is 0.00741. The molecular weight excluding hydrogens is 459 g/mol. The molecule has 8 heteroatoms. The van der Waals surface area contributed by atoms with Crippen LogP contribution in [0.15, 0.2) is 42.0 Å². The summed E-state index contributed by atoms with van der Waals surface area (Å²) in [5, 5.41) is 11.5. The molecule has 2 aromatic carbocycles. The molecule has 1 fully saturated rings. The van der Waals surface area contributed by atoms with E-state index in [-0.39, 0.29) is 17.1 Å². The van der Waals surface area contributed by atoms with Crippen molar-refractivity contribution in [3.8, 4) is 11.5 Å². The fraction of sp³-hybridized carbons (Fsp3) is 0.0588. The van der Waals surface area contributed by atoms with Crippen LogP contribution in [0, 0.1) is 3.57 Å². The van der Waals surface area contributed by atoms with Crippen LogP contribution in [0.1, 0.15) is 5.56 Å². The molecular formula is C17H12ClIN2O4. The molecule has 0 aromatic heterocycles. The molecule has 2 amide bonds. The molecule has 0 radical (unpaired) electrons. The summed E-state index contributed by atoms with van der Waals surface area (Å²) in [6.07, 6.45) is 1.45. The highest BCUT2D eigenvalue weighted by molar-refractivity contribution is 14.1. The summed E-state index contributed by atoms with van der Waals surface area (Å²) in [7, 11) is 1.43. The summed E-state index contributed by atoms with van der Waals surface area (Å²) in [6.45, 7) is 0. The number of benzene rings is 2. The number of carbonyl (C=O) groups is 2. The normalized spacial score (nSPS) is 15.6. The molecule has 1 heterocycles. The minimum Gasteiger partial charge on any atom is -0.504 e. The average Bonchev–Trinajstić information content (AvgIpc) is 2.86. The Labute approximate surface area is 162 Å². The Morgan fingerprint density at radius 1 is 1.28 bits per heavy atom. The predicted octanol–water partition coefficient (Wildman–Crippen LogP) is 3.12. The van der Waals surface area contributed by atoms with Gasteiger partial charge in [-0.05, 0) is 64.6 Å². The highest BCUT2D eigenvalue weighted by Gasteiger charge is 2.34. The van der Waals surface area contributed by atoms with Crippen LogP contribution in [0.5, 0.6) is 11.5 Å². The quantitative estimate of drug-likeness (QED) is 0.410. The van der Waals surface area contributed by atoms with Crippen molar-refractivity contribution in [3.05, 3.63) is 56.1 Å². The van der Waals surface area contributed by atoms with Crippen LogP contribution in [0.2, 0.25) is 5.02 Å². The Hall–Kier alpha value is -2.26. The van der Waals surface area contributed by atoms with E-state index >= 15 is 0 Å². The number of amides is 2. The standard InChI is InChI=1S/C17H12ClIN2O4/c1-25-14-7-9(6-13(19)15(14)22)5-12-16(23)20-21(17(12)24)11-4-2-3-10(18)8-11/h2-8,22H,1H3,(H,20,23)/b12-5+. The van der Waals surface area contributed by atoms with Crippen molar-refractivity contribution in [1.29, 1.82) is 0 Å². The maximum Gasteiger partial charge on any atom is 0.282 e. The lowest BCUT2D eigenvalue weighted by atomic mass is 10.1. The molecule has 0 bridgehead atoms. The maximum absolute atomic E-state index is 12.6. The van der Waals surface area contributed by atoms with Gasteiger partial charge in [0.2, 0.25) is 0 Å². The molecule has 2 aromatic rings. The number of rotatable bonds is 3. The largest absolute Gasteiger partial charge is 0.504 e. The molecule has 0 atom stereocenters. The van der Waals surface area contributed by atoms with E-state index in [0.717, 1.165) is 5.01 Å². The molecule has 1 saturated heterocycles. The van der Waals surface area contributed by atoms with Gasteiger partial charge in [-0.2, -0.15) is 0 Å². The minimum atomic E-state index is -0.521. The smallest absolute Gasteiger partial charge is 0.282 e. The molecule has 0 spiro atoms. The molecule has 128 valence electrons. The van der Waals surface area contributed by atoms with Crippen molar-refractivity contribution in [2.24, 2.45) is 0 Å². The first-order chi connectivity index (χ1) is 11.9. The number of hydrazine groups is 1. The number of carbonyl (C=O) groups excluding carboxylic acids is 2. The zero-order valence-corrected chi connectivity index (χ0v) is 15.8. The van der Waals surface area contributed by atoms with E-state index in [1.165, 1.54) is 13.2 Å². The molecule has 3 rings (SSSR count). The Morgan fingerprint density at radius 2 is 2.04 bits per heavy atom. The van der Waals surface area contributed by atoms with E-state index in [1.807, 2.05) is 22.6 Å². The van der Waals surface area contributed by atoms with Gasteiger partial charge in [0.05, 0.1) is 16.4 Å². The number of phenolic OH excluding ortho intramolecular Hbond substituents is 1. The zero-order chi connectivity index (χ0) is 18.1. The first kappa shape index (κ1) is 17.6. The lowest BCUT2D eigenvalue weighted by Gasteiger charge is -2.14. The number of phenols is 1. The maximum atomic E-state index is 12.6. The van der Waals surface area contributed by atoms with Gasteiger partial charge in [-0.15, -0.1) is 0 Å². The number of ether oxygens (including phenoxy) is 1. The molecule has 2 N–H and O–H groups in total. The number of halogens is 2. The summed E-state index contributed by atoms with van der Waals surface area (Å²) in [5.74, 6) is -0.745. The summed E-state index contributed by atoms with van der Waals surface area (Å²) < 4.78 is 5.64. The van der Waals surface area contributed by atoms with Gasteiger partial charge in [-0.25, -0.2) is 5.01 Å². The third-order valence-corrected chi connectivity index (χ3v) is 4.60. The first-order valence-corrected chi connectivity index (χ1v) is 8.55. The topological polar surface area (TPSA) is 78.9 Å². The fourth-order valence-corrected chi connectivity index (χ4v) is 3.16. The van der Waals surface area contributed by atoms with Crippen LogP contribution in [0.4, 0.5) is 5.69 Å². The molecule has 1 aliphatic rings. The number of nitrogens with zero attached hydrogens (tertiary/aromatic N) is 1. The number of hydrogen-bond acceptors (Lipinski definition) is 4. The Balaban J connectivity index is 1.98. The van der Waals surface area contributed by atoms with Crippen molar-refractivity contribution in [2.75, 3.05) is 12.1 Å². The number of methoxy groups -OCH3 is 1. The van der Waals surface area contributed by atoms with Crippen molar-refractivity contribution >= 4 is 57.8 Å². The molecule has 6 nitrogen and oxygen atoms in total. The summed E-state index contributed by atoms with van der Waals surface area (Å²) >= 11 is 7.88. The number of nitrogens with one attached hydrogen (secondary N) is 1. The van der Waals surface area contributed by atoms with Gasteiger partial charge in [-0.1, -0.05) is 17.7 Å². The van der Waals surface area contributed by atoms with Gasteiger partial charge in [0.1, 0.15) is 5.57 Å². The fourth-order valence-electron chi connectivity index (χ4n) is 2.35. The van der Waals surface area contributed by atoms with Gasteiger partial charge in [-0.3, -0.25) is 15.0 Å². The Kier molecular flexibility index (Phi) is 4.87.